The zero-order valence-electron chi connectivity index (χ0n) is 14.4. The highest BCUT2D eigenvalue weighted by atomic mass is 16.5. The van der Waals surface area contributed by atoms with Gasteiger partial charge in [0.05, 0.1) is 11.7 Å². The van der Waals surface area contributed by atoms with Crippen LogP contribution in [0.1, 0.15) is 34.5 Å². The summed E-state index contributed by atoms with van der Waals surface area (Å²) in [5.41, 5.74) is 7.46. The van der Waals surface area contributed by atoms with Gasteiger partial charge < -0.3 is 20.2 Å². The Kier molecular flexibility index (Phi) is 4.90. The van der Waals surface area contributed by atoms with Gasteiger partial charge in [-0.25, -0.2) is 0 Å². The Morgan fingerprint density at radius 2 is 1.92 bits per heavy atom. The molecule has 25 heavy (non-hydrogen) atoms. The molecule has 0 bridgehead atoms. The number of nitrogens with one attached hydrogen (secondary N) is 1. The van der Waals surface area contributed by atoms with Gasteiger partial charge in [0.15, 0.2) is 0 Å². The predicted octanol–water partition coefficient (Wildman–Crippen LogP) is 2.33. The minimum absolute atomic E-state index is 0.199. The van der Waals surface area contributed by atoms with E-state index in [1.54, 1.807) is 0 Å². The van der Waals surface area contributed by atoms with Crippen LogP contribution in [0.4, 0.5) is 0 Å². The summed E-state index contributed by atoms with van der Waals surface area (Å²) in [4.78, 5) is 23.9. The fourth-order valence-corrected chi connectivity index (χ4v) is 3.05. The number of hydrogen-bond donors (Lipinski definition) is 2. The van der Waals surface area contributed by atoms with Crippen LogP contribution in [0.5, 0.6) is 0 Å². The van der Waals surface area contributed by atoms with Crippen LogP contribution in [0.15, 0.2) is 34.7 Å². The Bertz CT molecular complexity index is 782. The maximum Gasteiger partial charge on any atom is 0.255 e. The quantitative estimate of drug-likeness (QED) is 0.872. The number of primary amides is 1. The Balaban J connectivity index is 1.73. The number of ether oxygens (including phenoxy) is 1. The van der Waals surface area contributed by atoms with Crippen LogP contribution in [-0.2, 0) is 9.53 Å². The largest absolute Gasteiger partial charge is 0.460 e. The average molecular weight is 342 g/mol. The minimum Gasteiger partial charge on any atom is -0.460 e. The first-order valence-corrected chi connectivity index (χ1v) is 8.35. The molecular weight excluding hydrogens is 320 g/mol. The van der Waals surface area contributed by atoms with Crippen LogP contribution >= 0.6 is 0 Å². The molecule has 1 aromatic heterocycles. The summed E-state index contributed by atoms with van der Waals surface area (Å²) < 4.78 is 11.4. The van der Waals surface area contributed by atoms with E-state index in [-0.39, 0.29) is 12.0 Å². The SMILES string of the molecule is Cc1oc(-c2ccccc2)c(C(=O)NCC2CCC(C(N)=O)O2)c1C. The molecular formula is C19H22N2O4. The normalized spacial score (nSPS) is 19.8. The van der Waals surface area contributed by atoms with Crippen molar-refractivity contribution < 1.29 is 18.7 Å². The second-order valence-electron chi connectivity index (χ2n) is 6.29. The number of carbonyl (C=O) groups is 2. The third kappa shape index (κ3) is 3.58. The molecule has 0 radical (unpaired) electrons. The van der Waals surface area contributed by atoms with E-state index in [1.807, 2.05) is 44.2 Å². The molecule has 1 saturated heterocycles. The van der Waals surface area contributed by atoms with Crippen molar-refractivity contribution in [3.05, 3.63) is 47.2 Å². The Morgan fingerprint density at radius 1 is 1.20 bits per heavy atom. The molecule has 2 unspecified atom stereocenters. The summed E-state index contributed by atoms with van der Waals surface area (Å²) in [7, 11) is 0. The van der Waals surface area contributed by atoms with Gasteiger partial charge in [-0.3, -0.25) is 9.59 Å². The summed E-state index contributed by atoms with van der Waals surface area (Å²) >= 11 is 0. The van der Waals surface area contributed by atoms with Gasteiger partial charge >= 0.3 is 0 Å². The Morgan fingerprint density at radius 3 is 2.56 bits per heavy atom. The van der Waals surface area contributed by atoms with Crippen LogP contribution in [-0.4, -0.2) is 30.6 Å². The lowest BCUT2D eigenvalue weighted by atomic mass is 10.0. The molecule has 0 saturated carbocycles. The number of hydrogen-bond acceptors (Lipinski definition) is 4. The Hall–Kier alpha value is -2.60. The average Bonchev–Trinajstić information content (AvgIpc) is 3.19. The highest BCUT2D eigenvalue weighted by Gasteiger charge is 2.30. The van der Waals surface area contributed by atoms with E-state index in [0.29, 0.717) is 30.7 Å². The zero-order chi connectivity index (χ0) is 18.0. The van der Waals surface area contributed by atoms with Crippen molar-refractivity contribution in [3.8, 4) is 11.3 Å². The lowest BCUT2D eigenvalue weighted by Crippen LogP contribution is -2.34. The molecule has 6 nitrogen and oxygen atoms in total. The zero-order valence-corrected chi connectivity index (χ0v) is 14.4. The topological polar surface area (TPSA) is 94.6 Å². The summed E-state index contributed by atoms with van der Waals surface area (Å²) in [6.07, 6.45) is 0.535. The van der Waals surface area contributed by atoms with Crippen LogP contribution in [0.3, 0.4) is 0 Å². The van der Waals surface area contributed by atoms with Crippen molar-refractivity contribution in [1.29, 1.82) is 0 Å². The van der Waals surface area contributed by atoms with Crippen LogP contribution in [0.2, 0.25) is 0 Å². The smallest absolute Gasteiger partial charge is 0.255 e. The maximum absolute atomic E-state index is 12.7. The second kappa shape index (κ2) is 7.11. The van der Waals surface area contributed by atoms with Crippen molar-refractivity contribution >= 4 is 11.8 Å². The van der Waals surface area contributed by atoms with E-state index >= 15 is 0 Å². The van der Waals surface area contributed by atoms with Crippen molar-refractivity contribution in [3.63, 3.8) is 0 Å². The molecule has 6 heteroatoms. The van der Waals surface area contributed by atoms with Crippen LogP contribution in [0, 0.1) is 13.8 Å². The van der Waals surface area contributed by atoms with Gasteiger partial charge in [0.1, 0.15) is 17.6 Å². The van der Waals surface area contributed by atoms with E-state index < -0.39 is 12.0 Å². The van der Waals surface area contributed by atoms with E-state index in [9.17, 15) is 9.59 Å². The van der Waals surface area contributed by atoms with Crippen molar-refractivity contribution in [2.75, 3.05) is 6.54 Å². The van der Waals surface area contributed by atoms with Gasteiger partial charge in [0, 0.05) is 17.7 Å². The molecule has 1 aliphatic rings. The number of carbonyl (C=O) groups excluding carboxylic acids is 2. The van der Waals surface area contributed by atoms with Gasteiger partial charge in [0.2, 0.25) is 5.91 Å². The predicted molar refractivity (Wildman–Crippen MR) is 93.0 cm³/mol. The number of benzene rings is 1. The number of nitrogens with two attached hydrogens (primary N) is 1. The summed E-state index contributed by atoms with van der Waals surface area (Å²) in [5.74, 6) is 0.617. The number of aryl methyl sites for hydroxylation is 1. The fourth-order valence-electron chi connectivity index (χ4n) is 3.05. The molecule has 2 amide bonds. The third-order valence-electron chi connectivity index (χ3n) is 4.56. The molecule has 0 aliphatic carbocycles. The van der Waals surface area contributed by atoms with Gasteiger partial charge in [0.25, 0.3) is 5.91 Å². The molecule has 2 heterocycles. The summed E-state index contributed by atoms with van der Waals surface area (Å²) in [6, 6.07) is 9.54. The summed E-state index contributed by atoms with van der Waals surface area (Å²) in [5, 5.41) is 2.89. The molecule has 2 atom stereocenters. The van der Waals surface area contributed by atoms with Crippen LogP contribution < -0.4 is 11.1 Å². The lowest BCUT2D eigenvalue weighted by Gasteiger charge is -2.13. The van der Waals surface area contributed by atoms with Crippen LogP contribution in [0.25, 0.3) is 11.3 Å². The molecule has 1 aromatic carbocycles. The van der Waals surface area contributed by atoms with E-state index in [2.05, 4.69) is 5.32 Å². The highest BCUT2D eigenvalue weighted by Crippen LogP contribution is 2.31. The molecule has 3 N–H and O–H groups in total. The van der Waals surface area contributed by atoms with Gasteiger partial charge in [-0.1, -0.05) is 30.3 Å². The first-order valence-electron chi connectivity index (χ1n) is 8.35. The molecule has 1 fully saturated rings. The van der Waals surface area contributed by atoms with E-state index in [1.165, 1.54) is 0 Å². The second-order valence-corrected chi connectivity index (χ2v) is 6.29. The van der Waals surface area contributed by atoms with Crippen molar-refractivity contribution in [1.82, 2.24) is 5.32 Å². The fraction of sp³-hybridized carbons (Fsp3) is 0.368. The molecule has 0 spiro atoms. The number of furan rings is 1. The first-order chi connectivity index (χ1) is 12.0. The number of amides is 2. The molecule has 3 rings (SSSR count). The standard InChI is InChI=1S/C19H22N2O4/c1-11-12(2)24-17(13-6-4-3-5-7-13)16(11)19(23)21-10-14-8-9-15(25-14)18(20)22/h3-7,14-15H,8-10H2,1-2H3,(H2,20,22)(H,21,23). The molecule has 1 aliphatic heterocycles. The number of rotatable bonds is 5. The van der Waals surface area contributed by atoms with Gasteiger partial charge in [-0.2, -0.15) is 0 Å². The molecule has 2 aromatic rings. The van der Waals surface area contributed by atoms with E-state index in [0.717, 1.165) is 16.9 Å². The van der Waals surface area contributed by atoms with Crippen molar-refractivity contribution in [2.45, 2.75) is 38.9 Å². The van der Waals surface area contributed by atoms with E-state index in [4.69, 9.17) is 14.9 Å². The molecule has 132 valence electrons. The third-order valence-corrected chi connectivity index (χ3v) is 4.56. The first kappa shape index (κ1) is 17.2. The monoisotopic (exact) mass is 342 g/mol. The lowest BCUT2D eigenvalue weighted by molar-refractivity contribution is -0.128. The maximum atomic E-state index is 12.7. The van der Waals surface area contributed by atoms with Crippen molar-refractivity contribution in [2.24, 2.45) is 5.73 Å². The Labute approximate surface area is 146 Å². The highest BCUT2D eigenvalue weighted by molar-refractivity contribution is 6.01. The minimum atomic E-state index is -0.556. The summed E-state index contributed by atoms with van der Waals surface area (Å²) in [6.45, 7) is 4.05. The van der Waals surface area contributed by atoms with Gasteiger partial charge in [-0.15, -0.1) is 0 Å². The van der Waals surface area contributed by atoms with Gasteiger partial charge in [-0.05, 0) is 26.7 Å².